The third-order valence-corrected chi connectivity index (χ3v) is 12.7. The number of fused-ring (bicyclic) bond motifs is 8. The van der Waals surface area contributed by atoms with Gasteiger partial charge in [-0.15, -0.1) is 0 Å². The Morgan fingerprint density at radius 2 is 1.31 bits per heavy atom. The van der Waals surface area contributed by atoms with Crippen LogP contribution < -0.4 is 0 Å². The third kappa shape index (κ3) is 6.04. The second-order valence-electron chi connectivity index (χ2n) is 16.3. The summed E-state index contributed by atoms with van der Waals surface area (Å²) in [6, 6.07) is 55.2. The van der Waals surface area contributed by atoms with E-state index in [1.165, 1.54) is 99.7 Å². The molecule has 0 saturated heterocycles. The molecule has 1 aliphatic heterocycles. The van der Waals surface area contributed by atoms with Crippen molar-refractivity contribution in [2.45, 2.75) is 46.5 Å². The molecule has 294 valence electrons. The number of aryl methyl sites for hydroxylation is 1. The van der Waals surface area contributed by atoms with Gasteiger partial charge in [0.1, 0.15) is 5.82 Å². The normalized spacial score (nSPS) is 14.9. The van der Waals surface area contributed by atoms with E-state index in [1.807, 2.05) is 0 Å². The van der Waals surface area contributed by atoms with Gasteiger partial charge >= 0.3 is 0 Å². The molecule has 0 spiro atoms. The molecule has 9 aromatic rings. The second-order valence-corrected chi connectivity index (χ2v) is 16.3. The largest absolute Gasteiger partial charge is 0.309 e. The highest BCUT2D eigenvalue weighted by atomic mass is 15.1. The molecule has 61 heavy (non-hydrogen) atoms. The number of hydrogen-bond acceptors (Lipinski definition) is 1. The molecule has 0 saturated carbocycles. The quantitative estimate of drug-likeness (QED) is 0.111. The Morgan fingerprint density at radius 1 is 0.672 bits per heavy atom. The highest BCUT2D eigenvalue weighted by Crippen LogP contribution is 2.45. The highest BCUT2D eigenvalue weighted by molar-refractivity contribution is 6.11. The second kappa shape index (κ2) is 15.1. The molecule has 4 heteroatoms. The number of benzene rings is 6. The number of aromatic nitrogens is 3. The summed E-state index contributed by atoms with van der Waals surface area (Å²) in [7, 11) is 0. The summed E-state index contributed by atoms with van der Waals surface area (Å²) >= 11 is 0. The minimum atomic E-state index is 0.935. The minimum Gasteiger partial charge on any atom is -0.309 e. The summed E-state index contributed by atoms with van der Waals surface area (Å²) in [5.74, 6) is 0.935. The predicted octanol–water partition coefficient (Wildman–Crippen LogP) is 14.9. The standard InChI is InChI=1S/C57H47N4/c1-4-17-39(43(5-2)57-38(3)28-33-56(58-57)61-53-26-15-10-20-44(53)45-21-11-16-27-54(45)61)34-35-59-50-24-13-9-22-46(50)48-36-40(29-31-51(48)59)41-30-32-55-49(37-41)47-23-12-14-25-52(47)60(55)42-18-7-6-8-19-42/h5-8,10-16,18-21,23-37H,4,9,17,22H2,1-3H3/q+1/b39-34-,43-5+,59-35?. The van der Waals surface area contributed by atoms with Gasteiger partial charge in [0.2, 0.25) is 11.4 Å². The van der Waals surface area contributed by atoms with Crippen molar-refractivity contribution >= 4 is 66.7 Å². The number of nitrogens with zero attached hydrogens (tertiary/aromatic N) is 4. The van der Waals surface area contributed by atoms with Gasteiger partial charge < -0.3 is 4.57 Å². The third-order valence-electron chi connectivity index (χ3n) is 12.7. The summed E-state index contributed by atoms with van der Waals surface area (Å²) in [6.45, 7) is 6.61. The van der Waals surface area contributed by atoms with Crippen molar-refractivity contribution in [1.82, 2.24) is 14.1 Å². The lowest BCUT2D eigenvalue weighted by Gasteiger charge is -2.15. The van der Waals surface area contributed by atoms with Gasteiger partial charge in [0.05, 0.1) is 33.3 Å². The molecule has 0 radical (unpaired) electrons. The fraction of sp³-hybridized carbons (Fsp3) is 0.123. The van der Waals surface area contributed by atoms with Crippen LogP contribution in [0.2, 0.25) is 0 Å². The van der Waals surface area contributed by atoms with Crippen molar-refractivity contribution in [2.75, 3.05) is 0 Å². The first kappa shape index (κ1) is 36.8. The van der Waals surface area contributed by atoms with Crippen LogP contribution in [0.5, 0.6) is 0 Å². The Balaban J connectivity index is 0.989. The highest BCUT2D eigenvalue weighted by Gasteiger charge is 2.34. The van der Waals surface area contributed by atoms with E-state index in [2.05, 4.69) is 217 Å². The van der Waals surface area contributed by atoms with Crippen LogP contribution in [0.1, 0.15) is 56.4 Å². The zero-order chi connectivity index (χ0) is 41.0. The number of pyridine rings is 1. The Bertz CT molecular complexity index is 3330. The monoisotopic (exact) mass is 787 g/mol. The zero-order valence-corrected chi connectivity index (χ0v) is 34.9. The molecule has 3 aromatic heterocycles. The lowest BCUT2D eigenvalue weighted by molar-refractivity contribution is -0.365. The molecule has 11 rings (SSSR count). The summed E-state index contributed by atoms with van der Waals surface area (Å²) < 4.78 is 7.12. The molecular weight excluding hydrogens is 741 g/mol. The van der Waals surface area contributed by atoms with Gasteiger partial charge in [-0.1, -0.05) is 110 Å². The van der Waals surface area contributed by atoms with Crippen molar-refractivity contribution in [3.63, 3.8) is 0 Å². The summed E-state index contributed by atoms with van der Waals surface area (Å²) in [5, 5.41) is 5.02. The van der Waals surface area contributed by atoms with E-state index >= 15 is 0 Å². The topological polar surface area (TPSA) is 25.8 Å². The first-order valence-electron chi connectivity index (χ1n) is 21.7. The van der Waals surface area contributed by atoms with Crippen LogP contribution in [-0.4, -0.2) is 24.9 Å². The maximum Gasteiger partial charge on any atom is 0.218 e. The summed E-state index contributed by atoms with van der Waals surface area (Å²) in [5.41, 5.74) is 18.4. The van der Waals surface area contributed by atoms with Crippen LogP contribution in [0.15, 0.2) is 187 Å². The molecule has 0 fully saturated rings. The maximum atomic E-state index is 5.47. The molecular formula is C57H47N4+. The molecule has 0 amide bonds. The fourth-order valence-corrected chi connectivity index (χ4v) is 9.92. The van der Waals surface area contributed by atoms with Crippen LogP contribution in [0, 0.1) is 6.92 Å². The molecule has 0 atom stereocenters. The van der Waals surface area contributed by atoms with E-state index < -0.39 is 0 Å². The van der Waals surface area contributed by atoms with Crippen LogP contribution >= 0.6 is 0 Å². The molecule has 2 aliphatic rings. The van der Waals surface area contributed by atoms with Crippen LogP contribution in [0.3, 0.4) is 0 Å². The number of rotatable bonds is 8. The number of para-hydroxylation sites is 4. The SMILES string of the molecule is C/C=C(\C(=C/C=[N+]1C2=C(CCC=C2)c2cc(-c3ccc4c(c3)c3ccccc3n4-c3ccccc3)ccc21)CCC)c1nc(-n2c3ccccc3c3ccccc32)ccc1C. The van der Waals surface area contributed by atoms with Crippen LogP contribution in [0.25, 0.3) is 77.4 Å². The van der Waals surface area contributed by atoms with E-state index in [4.69, 9.17) is 4.98 Å². The summed E-state index contributed by atoms with van der Waals surface area (Å²) in [6.07, 6.45) is 15.6. The van der Waals surface area contributed by atoms with Crippen molar-refractivity contribution in [2.24, 2.45) is 0 Å². The van der Waals surface area contributed by atoms with Gasteiger partial charge in [-0.3, -0.25) is 4.57 Å². The average Bonchev–Trinajstić information content (AvgIpc) is 3.94. The van der Waals surface area contributed by atoms with Gasteiger partial charge in [0, 0.05) is 51.0 Å². The first-order chi connectivity index (χ1) is 30.1. The van der Waals surface area contributed by atoms with Gasteiger partial charge in [0.15, 0.2) is 6.21 Å². The fourth-order valence-electron chi connectivity index (χ4n) is 9.92. The molecule has 4 nitrogen and oxygen atoms in total. The lowest BCUT2D eigenvalue weighted by Crippen LogP contribution is -2.05. The van der Waals surface area contributed by atoms with E-state index in [9.17, 15) is 0 Å². The molecule has 0 N–H and O–H groups in total. The van der Waals surface area contributed by atoms with Crippen molar-refractivity contribution in [3.05, 3.63) is 204 Å². The Morgan fingerprint density at radius 3 is 2.03 bits per heavy atom. The van der Waals surface area contributed by atoms with Crippen LogP contribution in [0.4, 0.5) is 5.69 Å². The van der Waals surface area contributed by atoms with E-state index in [0.29, 0.717) is 0 Å². The minimum absolute atomic E-state index is 0.935. The first-order valence-corrected chi connectivity index (χ1v) is 21.7. The molecule has 4 heterocycles. The van der Waals surface area contributed by atoms with E-state index in [-0.39, 0.29) is 0 Å². The van der Waals surface area contributed by atoms with Crippen LogP contribution in [-0.2, 0) is 0 Å². The van der Waals surface area contributed by atoms with Gasteiger partial charge in [0.25, 0.3) is 0 Å². The smallest absolute Gasteiger partial charge is 0.218 e. The van der Waals surface area contributed by atoms with Gasteiger partial charge in [-0.25, -0.2) is 4.98 Å². The summed E-state index contributed by atoms with van der Waals surface area (Å²) in [4.78, 5) is 5.47. The van der Waals surface area contributed by atoms with E-state index in [1.54, 1.807) is 0 Å². The number of allylic oxidation sites excluding steroid dienone is 7. The lowest BCUT2D eigenvalue weighted by atomic mass is 9.94. The predicted molar refractivity (Wildman–Crippen MR) is 257 cm³/mol. The Kier molecular flexibility index (Phi) is 9.08. The van der Waals surface area contributed by atoms with Crippen molar-refractivity contribution in [3.8, 4) is 22.6 Å². The van der Waals surface area contributed by atoms with Gasteiger partial charge in [-0.05, 0) is 122 Å². The average molecular weight is 788 g/mol. The Labute approximate surface area is 357 Å². The van der Waals surface area contributed by atoms with Crippen molar-refractivity contribution in [1.29, 1.82) is 0 Å². The molecule has 0 bridgehead atoms. The number of hydrogen-bond donors (Lipinski definition) is 0. The molecule has 0 unspecified atom stereocenters. The Hall–Kier alpha value is -7.30. The molecule has 6 aromatic carbocycles. The maximum absolute atomic E-state index is 5.47. The van der Waals surface area contributed by atoms with E-state index in [0.717, 1.165) is 37.2 Å². The molecule has 1 aliphatic carbocycles. The zero-order valence-electron chi connectivity index (χ0n) is 34.9. The van der Waals surface area contributed by atoms with Crippen molar-refractivity contribution < 1.29 is 4.58 Å². The van der Waals surface area contributed by atoms with Gasteiger partial charge in [-0.2, -0.15) is 4.58 Å².